The van der Waals surface area contributed by atoms with Gasteiger partial charge in [0.2, 0.25) is 0 Å². The molecule has 0 aromatic heterocycles. The first-order valence-electron chi connectivity index (χ1n) is 5.08. The average molecular weight is 274 g/mol. The Morgan fingerprint density at radius 1 is 1.61 bits per heavy atom. The van der Waals surface area contributed by atoms with Gasteiger partial charge in [0, 0.05) is 12.6 Å². The van der Waals surface area contributed by atoms with Crippen molar-refractivity contribution in [3.05, 3.63) is 34.6 Å². The van der Waals surface area contributed by atoms with E-state index < -0.39 is 17.8 Å². The second-order valence-corrected chi connectivity index (χ2v) is 4.15. The van der Waals surface area contributed by atoms with Gasteiger partial charge < -0.3 is 15.8 Å². The molecule has 5 nitrogen and oxygen atoms in total. The lowest BCUT2D eigenvalue weighted by atomic mass is 10.1. The Balaban J connectivity index is 2.96. The number of halogens is 2. The van der Waals surface area contributed by atoms with Crippen LogP contribution in [0.1, 0.15) is 17.3 Å². The van der Waals surface area contributed by atoms with E-state index in [2.05, 4.69) is 5.16 Å². The molecule has 1 aromatic rings. The molecule has 0 saturated carbocycles. The number of nitrogens with zero attached hydrogens (tertiary/aromatic N) is 2. The van der Waals surface area contributed by atoms with Crippen molar-refractivity contribution in [2.75, 3.05) is 7.05 Å². The summed E-state index contributed by atoms with van der Waals surface area (Å²) in [6, 6.07) is 3.07. The topological polar surface area (TPSA) is 78.9 Å². The number of rotatable bonds is 3. The van der Waals surface area contributed by atoms with Crippen LogP contribution in [-0.2, 0) is 0 Å². The van der Waals surface area contributed by atoms with Gasteiger partial charge in [0.25, 0.3) is 5.91 Å². The van der Waals surface area contributed by atoms with Gasteiger partial charge >= 0.3 is 0 Å². The van der Waals surface area contributed by atoms with E-state index in [0.29, 0.717) is 0 Å². The summed E-state index contributed by atoms with van der Waals surface area (Å²) in [5.74, 6) is -1.10. The molecule has 7 heteroatoms. The number of carbonyl (C=O) groups is 1. The summed E-state index contributed by atoms with van der Waals surface area (Å²) in [6.45, 7) is 1.60. The molecule has 1 aromatic carbocycles. The van der Waals surface area contributed by atoms with Gasteiger partial charge in [-0.3, -0.25) is 4.79 Å². The largest absolute Gasteiger partial charge is 0.409 e. The summed E-state index contributed by atoms with van der Waals surface area (Å²) in [4.78, 5) is 13.3. The molecule has 98 valence electrons. The van der Waals surface area contributed by atoms with Gasteiger partial charge in [-0.2, -0.15) is 0 Å². The Labute approximate surface area is 109 Å². The van der Waals surface area contributed by atoms with Crippen LogP contribution in [0.2, 0.25) is 5.02 Å². The first-order chi connectivity index (χ1) is 8.38. The van der Waals surface area contributed by atoms with Gasteiger partial charge in [0.05, 0.1) is 11.1 Å². The van der Waals surface area contributed by atoms with Crippen molar-refractivity contribution in [2.45, 2.75) is 13.0 Å². The van der Waals surface area contributed by atoms with Gasteiger partial charge in [0.15, 0.2) is 5.84 Å². The van der Waals surface area contributed by atoms with Crippen molar-refractivity contribution in [1.29, 1.82) is 0 Å². The van der Waals surface area contributed by atoms with Gasteiger partial charge in [-0.25, -0.2) is 4.39 Å². The molecule has 1 atom stereocenters. The van der Waals surface area contributed by atoms with Crippen molar-refractivity contribution in [3.8, 4) is 0 Å². The SMILES string of the molecule is CC(/C(N)=N/O)N(C)C(=O)c1ccc(F)c(Cl)c1. The third-order valence-corrected chi connectivity index (χ3v) is 2.90. The number of oxime groups is 1. The van der Waals surface area contributed by atoms with E-state index in [1.165, 1.54) is 24.1 Å². The predicted octanol–water partition coefficient (Wildman–Crippen LogP) is 1.69. The summed E-state index contributed by atoms with van der Waals surface area (Å²) in [7, 11) is 1.49. The molecule has 0 fully saturated rings. The third-order valence-electron chi connectivity index (χ3n) is 2.61. The van der Waals surface area contributed by atoms with Crippen LogP contribution in [0, 0.1) is 5.82 Å². The summed E-state index contributed by atoms with van der Waals surface area (Å²) in [5, 5.41) is 11.2. The summed E-state index contributed by atoms with van der Waals surface area (Å²) >= 11 is 5.60. The molecule has 0 radical (unpaired) electrons. The molecular formula is C11H13ClFN3O2. The highest BCUT2D eigenvalue weighted by Crippen LogP contribution is 2.17. The number of carbonyl (C=O) groups excluding carboxylic acids is 1. The highest BCUT2D eigenvalue weighted by molar-refractivity contribution is 6.31. The van der Waals surface area contributed by atoms with Crippen LogP contribution >= 0.6 is 11.6 Å². The Hall–Kier alpha value is -1.82. The van der Waals surface area contributed by atoms with E-state index in [0.717, 1.165) is 6.07 Å². The fraction of sp³-hybridized carbons (Fsp3) is 0.273. The average Bonchev–Trinajstić information content (AvgIpc) is 2.38. The first kappa shape index (κ1) is 14.2. The zero-order valence-corrected chi connectivity index (χ0v) is 10.6. The molecule has 1 amide bonds. The fourth-order valence-corrected chi connectivity index (χ4v) is 1.47. The fourth-order valence-electron chi connectivity index (χ4n) is 1.29. The Bertz CT molecular complexity index is 493. The molecule has 1 unspecified atom stereocenters. The van der Waals surface area contributed by atoms with E-state index in [1.807, 2.05) is 0 Å². The molecule has 18 heavy (non-hydrogen) atoms. The minimum atomic E-state index is -0.597. The van der Waals surface area contributed by atoms with Gasteiger partial charge in [-0.15, -0.1) is 0 Å². The normalized spacial score (nSPS) is 13.2. The maximum atomic E-state index is 13.0. The molecular weight excluding hydrogens is 261 g/mol. The zero-order valence-electron chi connectivity index (χ0n) is 9.89. The van der Waals surface area contributed by atoms with Crippen LogP contribution in [0.3, 0.4) is 0 Å². The third kappa shape index (κ3) is 2.89. The highest BCUT2D eigenvalue weighted by atomic mass is 35.5. The first-order valence-corrected chi connectivity index (χ1v) is 5.46. The van der Waals surface area contributed by atoms with Crippen molar-refractivity contribution in [1.82, 2.24) is 4.90 Å². The van der Waals surface area contributed by atoms with Crippen molar-refractivity contribution in [2.24, 2.45) is 10.9 Å². The Morgan fingerprint density at radius 3 is 2.72 bits per heavy atom. The lowest BCUT2D eigenvalue weighted by molar-refractivity contribution is 0.0776. The molecule has 0 bridgehead atoms. The minimum Gasteiger partial charge on any atom is -0.409 e. The monoisotopic (exact) mass is 273 g/mol. The predicted molar refractivity (Wildman–Crippen MR) is 66.4 cm³/mol. The second-order valence-electron chi connectivity index (χ2n) is 3.75. The van der Waals surface area contributed by atoms with Crippen LogP contribution in [0.5, 0.6) is 0 Å². The quantitative estimate of drug-likeness (QED) is 0.381. The zero-order chi connectivity index (χ0) is 13.9. The van der Waals surface area contributed by atoms with Gasteiger partial charge in [-0.05, 0) is 25.1 Å². The van der Waals surface area contributed by atoms with E-state index in [4.69, 9.17) is 22.5 Å². The molecule has 0 heterocycles. The lowest BCUT2D eigenvalue weighted by Gasteiger charge is -2.23. The van der Waals surface area contributed by atoms with E-state index >= 15 is 0 Å². The Kier molecular flexibility index (Phi) is 4.49. The lowest BCUT2D eigenvalue weighted by Crippen LogP contribution is -2.43. The van der Waals surface area contributed by atoms with Crippen molar-refractivity contribution < 1.29 is 14.4 Å². The van der Waals surface area contributed by atoms with Crippen molar-refractivity contribution in [3.63, 3.8) is 0 Å². The van der Waals surface area contributed by atoms with Crippen LogP contribution in [0.4, 0.5) is 4.39 Å². The standard InChI is InChI=1S/C11H13ClFN3O2/c1-6(10(14)15-18)16(2)11(17)7-3-4-9(13)8(12)5-7/h3-6,18H,1-2H3,(H2,14,15). The van der Waals surface area contributed by atoms with Crippen LogP contribution in [0.15, 0.2) is 23.4 Å². The van der Waals surface area contributed by atoms with Gasteiger partial charge in [-0.1, -0.05) is 16.8 Å². The number of benzene rings is 1. The van der Waals surface area contributed by atoms with Crippen LogP contribution in [-0.4, -0.2) is 34.9 Å². The number of likely N-dealkylation sites (N-methyl/N-ethyl adjacent to an activating group) is 1. The molecule has 1 rings (SSSR count). The smallest absolute Gasteiger partial charge is 0.254 e. The second kappa shape index (κ2) is 5.68. The van der Waals surface area contributed by atoms with Crippen molar-refractivity contribution >= 4 is 23.3 Å². The molecule has 0 spiro atoms. The number of hydrogen-bond donors (Lipinski definition) is 2. The minimum absolute atomic E-state index is 0.0981. The molecule has 0 aliphatic rings. The molecule has 0 aliphatic heterocycles. The summed E-state index contributed by atoms with van der Waals surface area (Å²) in [5.41, 5.74) is 5.63. The van der Waals surface area contributed by atoms with Gasteiger partial charge in [0.1, 0.15) is 5.82 Å². The van der Waals surface area contributed by atoms with Crippen LogP contribution in [0.25, 0.3) is 0 Å². The summed E-state index contributed by atoms with van der Waals surface area (Å²) < 4.78 is 13.0. The number of amides is 1. The van der Waals surface area contributed by atoms with Crippen LogP contribution < -0.4 is 5.73 Å². The van der Waals surface area contributed by atoms with E-state index in [9.17, 15) is 9.18 Å². The number of amidine groups is 1. The van der Waals surface area contributed by atoms with E-state index in [-0.39, 0.29) is 16.4 Å². The molecule has 3 N–H and O–H groups in total. The number of nitrogens with two attached hydrogens (primary N) is 1. The Morgan fingerprint density at radius 2 is 2.22 bits per heavy atom. The maximum absolute atomic E-state index is 13.0. The number of hydrogen-bond acceptors (Lipinski definition) is 3. The highest BCUT2D eigenvalue weighted by Gasteiger charge is 2.21. The summed E-state index contributed by atoms with van der Waals surface area (Å²) in [6.07, 6.45) is 0. The molecule has 0 aliphatic carbocycles. The van der Waals surface area contributed by atoms with E-state index in [1.54, 1.807) is 6.92 Å². The maximum Gasteiger partial charge on any atom is 0.254 e. The molecule has 0 saturated heterocycles.